The molecule has 0 atom stereocenters. The molecule has 1 amide bonds. The molecule has 0 aliphatic carbocycles. The fourth-order valence-electron chi connectivity index (χ4n) is 2.35. The van der Waals surface area contributed by atoms with E-state index in [1.54, 1.807) is 18.2 Å². The molecule has 1 fully saturated rings. The summed E-state index contributed by atoms with van der Waals surface area (Å²) in [6.07, 6.45) is 0.927. The van der Waals surface area contributed by atoms with Crippen molar-refractivity contribution in [1.82, 2.24) is 10.2 Å². The summed E-state index contributed by atoms with van der Waals surface area (Å²) in [6.45, 7) is 7.63. The van der Waals surface area contributed by atoms with Gasteiger partial charge in [0.1, 0.15) is 5.75 Å². The number of amides is 1. The van der Waals surface area contributed by atoms with Crippen LogP contribution in [0, 0.1) is 0 Å². The van der Waals surface area contributed by atoms with Gasteiger partial charge in [-0.15, -0.1) is 0 Å². The summed E-state index contributed by atoms with van der Waals surface area (Å²) in [5.41, 5.74) is 0.555. The van der Waals surface area contributed by atoms with Crippen LogP contribution in [0.25, 0.3) is 0 Å². The molecule has 0 radical (unpaired) electrons. The molecule has 122 valence electrons. The number of hydrogen-bond donors (Lipinski definition) is 1. The third-order valence-electron chi connectivity index (χ3n) is 3.53. The molecule has 0 spiro atoms. The summed E-state index contributed by atoms with van der Waals surface area (Å²) in [7, 11) is 0. The fraction of sp³-hybridized carbons (Fsp3) is 0.562. The lowest BCUT2D eigenvalue weighted by Gasteiger charge is -2.26. The second-order valence-corrected chi connectivity index (χ2v) is 5.55. The highest BCUT2D eigenvalue weighted by molar-refractivity contribution is 6.32. The molecular weight excluding hydrogens is 304 g/mol. The predicted octanol–water partition coefficient (Wildman–Crippen LogP) is 2.19. The largest absolute Gasteiger partial charge is 0.492 e. The Morgan fingerprint density at radius 1 is 1.41 bits per heavy atom. The van der Waals surface area contributed by atoms with Gasteiger partial charge in [0.15, 0.2) is 0 Å². The number of morpholine rings is 1. The number of nitrogens with zero attached hydrogens (tertiary/aromatic N) is 1. The summed E-state index contributed by atoms with van der Waals surface area (Å²) in [5.74, 6) is 0.500. The second-order valence-electron chi connectivity index (χ2n) is 5.14. The van der Waals surface area contributed by atoms with E-state index >= 15 is 0 Å². The minimum absolute atomic E-state index is 0.105. The number of halogens is 1. The molecule has 1 saturated heterocycles. The summed E-state index contributed by atoms with van der Waals surface area (Å²) < 4.78 is 10.7. The molecule has 1 aromatic carbocycles. The van der Waals surface area contributed by atoms with E-state index in [1.807, 2.05) is 6.92 Å². The summed E-state index contributed by atoms with van der Waals surface area (Å²) >= 11 is 6.09. The van der Waals surface area contributed by atoms with E-state index in [0.717, 1.165) is 39.3 Å². The molecule has 5 nitrogen and oxygen atoms in total. The van der Waals surface area contributed by atoms with Crippen molar-refractivity contribution in [1.29, 1.82) is 0 Å². The van der Waals surface area contributed by atoms with Gasteiger partial charge in [-0.2, -0.15) is 0 Å². The molecule has 0 unspecified atom stereocenters. The lowest BCUT2D eigenvalue weighted by molar-refractivity contribution is 0.0374. The van der Waals surface area contributed by atoms with Gasteiger partial charge >= 0.3 is 0 Å². The Kier molecular flexibility index (Phi) is 6.96. The second kappa shape index (κ2) is 8.98. The Bertz CT molecular complexity index is 490. The van der Waals surface area contributed by atoms with Gasteiger partial charge < -0.3 is 14.8 Å². The van der Waals surface area contributed by atoms with Gasteiger partial charge in [0.25, 0.3) is 5.91 Å². The van der Waals surface area contributed by atoms with Crippen LogP contribution in [0.3, 0.4) is 0 Å². The first kappa shape index (κ1) is 17.1. The zero-order chi connectivity index (χ0) is 15.8. The first-order chi connectivity index (χ1) is 10.7. The van der Waals surface area contributed by atoms with Crippen LogP contribution in [0.2, 0.25) is 5.02 Å². The lowest BCUT2D eigenvalue weighted by atomic mass is 10.2. The van der Waals surface area contributed by atoms with E-state index in [-0.39, 0.29) is 5.91 Å². The molecule has 0 bridgehead atoms. The van der Waals surface area contributed by atoms with Crippen LogP contribution in [-0.2, 0) is 4.74 Å². The molecule has 0 saturated carbocycles. The average molecular weight is 327 g/mol. The molecule has 1 aromatic rings. The summed E-state index contributed by atoms with van der Waals surface area (Å²) in [6, 6.07) is 5.10. The normalized spacial score (nSPS) is 15.5. The number of nitrogens with one attached hydrogen (secondary N) is 1. The number of benzene rings is 1. The molecule has 1 aliphatic heterocycles. The van der Waals surface area contributed by atoms with E-state index in [2.05, 4.69) is 10.2 Å². The first-order valence-electron chi connectivity index (χ1n) is 7.71. The lowest BCUT2D eigenvalue weighted by Crippen LogP contribution is -2.38. The van der Waals surface area contributed by atoms with Crippen LogP contribution in [0.15, 0.2) is 18.2 Å². The molecule has 1 heterocycles. The van der Waals surface area contributed by atoms with Crippen molar-refractivity contribution in [2.75, 3.05) is 46.0 Å². The maximum Gasteiger partial charge on any atom is 0.251 e. The SMILES string of the molecule is CCOc1ccc(C(=O)NCCCN2CCOCC2)cc1Cl. The summed E-state index contributed by atoms with van der Waals surface area (Å²) in [5, 5.41) is 3.38. The third-order valence-corrected chi connectivity index (χ3v) is 3.83. The zero-order valence-electron chi connectivity index (χ0n) is 12.9. The first-order valence-corrected chi connectivity index (χ1v) is 8.09. The van der Waals surface area contributed by atoms with Crippen molar-refractivity contribution in [3.8, 4) is 5.75 Å². The Morgan fingerprint density at radius 2 is 2.18 bits per heavy atom. The average Bonchev–Trinajstić information content (AvgIpc) is 2.54. The van der Waals surface area contributed by atoms with Gasteiger partial charge in [-0.25, -0.2) is 0 Å². The number of rotatable bonds is 7. The van der Waals surface area contributed by atoms with Crippen LogP contribution in [0.1, 0.15) is 23.7 Å². The highest BCUT2D eigenvalue weighted by atomic mass is 35.5. The zero-order valence-corrected chi connectivity index (χ0v) is 13.7. The molecule has 1 aliphatic rings. The van der Waals surface area contributed by atoms with E-state index < -0.39 is 0 Å². The van der Waals surface area contributed by atoms with Gasteiger partial charge in [-0.1, -0.05) is 11.6 Å². The molecule has 6 heteroatoms. The van der Waals surface area contributed by atoms with Crippen molar-refractivity contribution in [3.63, 3.8) is 0 Å². The predicted molar refractivity (Wildman–Crippen MR) is 86.8 cm³/mol. The van der Waals surface area contributed by atoms with Crippen molar-refractivity contribution in [2.45, 2.75) is 13.3 Å². The fourth-order valence-corrected chi connectivity index (χ4v) is 2.58. The van der Waals surface area contributed by atoms with Gasteiger partial charge in [0, 0.05) is 25.2 Å². The van der Waals surface area contributed by atoms with E-state index in [9.17, 15) is 4.79 Å². The van der Waals surface area contributed by atoms with Crippen LogP contribution < -0.4 is 10.1 Å². The van der Waals surface area contributed by atoms with E-state index in [4.69, 9.17) is 21.1 Å². The van der Waals surface area contributed by atoms with Gasteiger partial charge in [-0.05, 0) is 38.1 Å². The van der Waals surface area contributed by atoms with Gasteiger partial charge in [0.05, 0.1) is 24.8 Å². The maximum absolute atomic E-state index is 12.1. The van der Waals surface area contributed by atoms with Gasteiger partial charge in [0.2, 0.25) is 0 Å². The van der Waals surface area contributed by atoms with Gasteiger partial charge in [-0.3, -0.25) is 9.69 Å². The highest BCUT2D eigenvalue weighted by Crippen LogP contribution is 2.25. The molecule has 1 N–H and O–H groups in total. The Balaban J connectivity index is 1.73. The topological polar surface area (TPSA) is 50.8 Å². The number of carbonyl (C=O) groups excluding carboxylic acids is 1. The maximum atomic E-state index is 12.1. The third kappa shape index (κ3) is 5.16. The number of carbonyl (C=O) groups is 1. The van der Waals surface area contributed by atoms with Crippen LogP contribution >= 0.6 is 11.6 Å². The number of ether oxygens (including phenoxy) is 2. The van der Waals surface area contributed by atoms with Crippen molar-refractivity contribution < 1.29 is 14.3 Å². The van der Waals surface area contributed by atoms with E-state index in [1.165, 1.54) is 0 Å². The van der Waals surface area contributed by atoms with Crippen LogP contribution in [-0.4, -0.2) is 56.8 Å². The molecule has 0 aromatic heterocycles. The summed E-state index contributed by atoms with van der Waals surface area (Å²) in [4.78, 5) is 14.4. The Labute approximate surface area is 136 Å². The monoisotopic (exact) mass is 326 g/mol. The standard InChI is InChI=1S/C16H23ClN2O3/c1-2-22-15-5-4-13(12-14(15)17)16(20)18-6-3-7-19-8-10-21-11-9-19/h4-5,12H,2-3,6-11H2,1H3,(H,18,20). The molecule has 2 rings (SSSR count). The molecule has 22 heavy (non-hydrogen) atoms. The van der Waals surface area contributed by atoms with Crippen LogP contribution in [0.4, 0.5) is 0 Å². The Hall–Kier alpha value is -1.30. The number of hydrogen-bond acceptors (Lipinski definition) is 4. The van der Waals surface area contributed by atoms with E-state index in [0.29, 0.717) is 29.5 Å². The van der Waals surface area contributed by atoms with Crippen molar-refractivity contribution in [3.05, 3.63) is 28.8 Å². The quantitative estimate of drug-likeness (QED) is 0.780. The van der Waals surface area contributed by atoms with Crippen LogP contribution in [0.5, 0.6) is 5.75 Å². The smallest absolute Gasteiger partial charge is 0.251 e. The molecular formula is C16H23ClN2O3. The van der Waals surface area contributed by atoms with Crippen molar-refractivity contribution >= 4 is 17.5 Å². The minimum Gasteiger partial charge on any atom is -0.492 e. The Morgan fingerprint density at radius 3 is 2.86 bits per heavy atom. The highest BCUT2D eigenvalue weighted by Gasteiger charge is 2.11. The minimum atomic E-state index is -0.105. The van der Waals surface area contributed by atoms with Crippen molar-refractivity contribution in [2.24, 2.45) is 0 Å².